The Bertz CT molecular complexity index is 3490. The number of aliphatic hydroxyl groups excluding tert-OH is 8. The molecule has 0 bridgehead atoms. The average Bonchev–Trinajstić information content (AvgIpc) is 3.31. The number of nitrogen functional groups attached to an aromatic ring is 1. The minimum Gasteiger partial charge on any atom is -0.478 e. The molecular formula is C49H67F4N17O14. The number of halogens is 4. The Morgan fingerprint density at radius 2 is 0.833 bits per heavy atom. The lowest BCUT2D eigenvalue weighted by molar-refractivity contribution is -0.0241. The number of aliphatic hydroxyl groups is 8. The largest absolute Gasteiger partial charge is 0.478 e. The zero-order chi connectivity index (χ0) is 59.0. The van der Waals surface area contributed by atoms with Gasteiger partial charge in [-0.15, -0.1) is 0 Å². The molecule has 0 saturated carbocycles. The Morgan fingerprint density at radius 1 is 0.500 bits per heavy atom. The van der Waals surface area contributed by atoms with Crippen molar-refractivity contribution in [2.75, 3.05) is 45.9 Å². The molecule has 31 nitrogen and oxygen atoms in total. The van der Waals surface area contributed by atoms with Crippen LogP contribution in [0.5, 0.6) is 11.8 Å². The quantitative estimate of drug-likeness (QED) is 0.0738. The maximum absolute atomic E-state index is 14.3. The summed E-state index contributed by atoms with van der Waals surface area (Å²) in [6, 6.07) is 0. The second-order valence-electron chi connectivity index (χ2n) is 19.0. The first kappa shape index (κ1) is 64.4. The first-order valence-electron chi connectivity index (χ1n) is 25.4. The summed E-state index contributed by atoms with van der Waals surface area (Å²) in [5.41, 5.74) is 9.25. The average molecular weight is 1190 g/mol. The third-order valence-electron chi connectivity index (χ3n) is 13.6. The first-order chi connectivity index (χ1) is 39.3. The summed E-state index contributed by atoms with van der Waals surface area (Å²) in [7, 11) is 1.45. The van der Waals surface area contributed by atoms with Gasteiger partial charge in [0.25, 0.3) is 11.8 Å². The molecule has 4 saturated heterocycles. The molecule has 35 heteroatoms. The van der Waals surface area contributed by atoms with Crippen LogP contribution in [0.4, 0.5) is 23.4 Å². The Hall–Kier alpha value is -7.16. The number of rotatable bonds is 11. The molecule has 12 heterocycles. The molecule has 16 atom stereocenters. The zero-order valence-electron chi connectivity index (χ0n) is 44.4. The van der Waals surface area contributed by atoms with Crippen LogP contribution in [0.15, 0.2) is 31.1 Å². The van der Waals surface area contributed by atoms with E-state index in [2.05, 4.69) is 60.3 Å². The third-order valence-corrected chi connectivity index (χ3v) is 13.6. The van der Waals surface area contributed by atoms with Gasteiger partial charge in [-0.05, 0) is 34.6 Å². The highest BCUT2D eigenvalue weighted by atomic mass is 19.1. The minimum atomic E-state index is -1.68. The van der Waals surface area contributed by atoms with Crippen LogP contribution in [-0.4, -0.2) is 233 Å². The van der Waals surface area contributed by atoms with E-state index in [1.807, 2.05) is 6.92 Å². The summed E-state index contributed by atoms with van der Waals surface area (Å²) in [6.45, 7) is 7.14. The summed E-state index contributed by atoms with van der Waals surface area (Å²) in [5, 5.41) is 91.5. The standard InChI is InChI=1S/C13H17FN4O4.C12H15FN4O4.C11H14FN5O3.C11H13FN4O3.2CH4/c1-3-21-13-12-15-4-7(18(12)17-6(2)16-13)11-9(14)10(20)8(5-19)22-11;1-5-15-12(20-2)11-14-3-6(17(11)16-5)10-8(13)9(19)7(4-18)21-10;1-4-15-10(13)11-14-2-5(17(11)16-4)9-7(12)8(19)6(3-18)20-9;1-5-11-13-2-6(16(11)15-4-14-5)10-8(12)9(18)7(3-17)19-10;;/h4,8-11,19-20H,3,5H2,1-2H3;3,7-10,18-19H,4H2,1-2H3;2,6-9,18-19H,3H2,1H3,(H2,13,15,16);2,4,7-10,17-18H,3H2,1H3;2*1H4/t8-,9-,10-,11+;7-,8-,9-,10+;6-,7-,8-,9+;7-,8-,9-,10+;;/m1111../s1. The number of hydrogen-bond donors (Lipinski definition) is 9. The molecule has 8 aromatic heterocycles. The van der Waals surface area contributed by atoms with Crippen molar-refractivity contribution in [3.05, 3.63) is 77.1 Å². The summed E-state index contributed by atoms with van der Waals surface area (Å²) >= 11 is 0. The summed E-state index contributed by atoms with van der Waals surface area (Å²) < 4.78 is 94.1. The Morgan fingerprint density at radius 3 is 1.20 bits per heavy atom. The lowest BCUT2D eigenvalue weighted by Crippen LogP contribution is -2.30. The fourth-order valence-electron chi connectivity index (χ4n) is 9.52. The molecule has 0 aliphatic carbocycles. The molecule has 12 rings (SSSR count). The van der Waals surface area contributed by atoms with Crippen molar-refractivity contribution in [1.82, 2.24) is 78.3 Å². The van der Waals surface area contributed by atoms with Crippen molar-refractivity contribution in [1.29, 1.82) is 0 Å². The molecule has 0 unspecified atom stereocenters. The number of fused-ring (bicyclic) bond motifs is 4. The van der Waals surface area contributed by atoms with Gasteiger partial charge >= 0.3 is 0 Å². The number of nitrogens with two attached hydrogens (primary N) is 1. The van der Waals surface area contributed by atoms with Crippen LogP contribution in [0.2, 0.25) is 0 Å². The Labute approximate surface area is 474 Å². The first-order valence-corrected chi connectivity index (χ1v) is 25.4. The Balaban J connectivity index is 0.000000160. The molecule has 8 aromatic rings. The number of alkyl halides is 4. The van der Waals surface area contributed by atoms with E-state index in [9.17, 15) is 38.0 Å². The molecule has 4 aliphatic rings. The van der Waals surface area contributed by atoms with Crippen molar-refractivity contribution >= 4 is 28.4 Å². The molecule has 10 N–H and O–H groups in total. The summed E-state index contributed by atoms with van der Waals surface area (Å²) in [4.78, 5) is 32.6. The summed E-state index contributed by atoms with van der Waals surface area (Å²) in [6.07, 6.45) is -13.3. The molecule has 460 valence electrons. The van der Waals surface area contributed by atoms with Crippen LogP contribution in [-0.2, 0) is 18.9 Å². The van der Waals surface area contributed by atoms with E-state index in [4.69, 9.17) is 54.6 Å². The highest BCUT2D eigenvalue weighted by Crippen LogP contribution is 2.40. The van der Waals surface area contributed by atoms with Crippen molar-refractivity contribution in [3.63, 3.8) is 0 Å². The van der Waals surface area contributed by atoms with Crippen LogP contribution in [0.25, 0.3) is 22.6 Å². The number of methoxy groups -OCH3 is 1. The van der Waals surface area contributed by atoms with Gasteiger partial charge in [0.15, 0.2) is 41.8 Å². The van der Waals surface area contributed by atoms with Crippen LogP contribution < -0.4 is 15.2 Å². The van der Waals surface area contributed by atoms with E-state index < -0.39 is 124 Å². The van der Waals surface area contributed by atoms with Crippen molar-refractivity contribution in [2.24, 2.45) is 0 Å². The number of imidazole rings is 4. The lowest BCUT2D eigenvalue weighted by atomic mass is 10.1. The second kappa shape index (κ2) is 26.8. The van der Waals surface area contributed by atoms with Crippen molar-refractivity contribution < 1.29 is 86.8 Å². The van der Waals surface area contributed by atoms with Crippen LogP contribution in [0.1, 0.15) is 92.1 Å². The lowest BCUT2D eigenvalue weighted by Gasteiger charge is -2.12. The van der Waals surface area contributed by atoms with Crippen LogP contribution >= 0.6 is 0 Å². The molecule has 0 spiro atoms. The van der Waals surface area contributed by atoms with E-state index in [0.29, 0.717) is 81.0 Å². The van der Waals surface area contributed by atoms with Gasteiger partial charge in [-0.1, -0.05) is 14.9 Å². The summed E-state index contributed by atoms with van der Waals surface area (Å²) in [5.74, 6) is 2.00. The van der Waals surface area contributed by atoms with Gasteiger partial charge in [0.05, 0.1) is 93.4 Å². The van der Waals surface area contributed by atoms with E-state index in [-0.39, 0.29) is 26.6 Å². The van der Waals surface area contributed by atoms with Crippen LogP contribution in [0, 0.1) is 27.7 Å². The van der Waals surface area contributed by atoms with Gasteiger partial charge < -0.3 is 75.0 Å². The van der Waals surface area contributed by atoms with Gasteiger partial charge in [-0.2, -0.15) is 30.4 Å². The van der Waals surface area contributed by atoms with Gasteiger partial charge in [0, 0.05) is 0 Å². The number of aryl methyl sites for hydroxylation is 4. The molecular weight excluding hydrogens is 1130 g/mol. The molecule has 84 heavy (non-hydrogen) atoms. The number of nitrogens with zero attached hydrogens (tertiary/aromatic N) is 16. The van der Waals surface area contributed by atoms with E-state index in [0.717, 1.165) is 0 Å². The third kappa shape index (κ3) is 12.1. The molecule has 0 aromatic carbocycles. The normalized spacial score (nSPS) is 29.0. The van der Waals surface area contributed by atoms with Gasteiger partial charge in [0.1, 0.15) is 97.0 Å². The van der Waals surface area contributed by atoms with E-state index in [1.165, 1.54) is 56.3 Å². The maximum atomic E-state index is 14.3. The zero-order valence-corrected chi connectivity index (χ0v) is 44.4. The van der Waals surface area contributed by atoms with Crippen molar-refractivity contribution in [2.45, 2.75) is 147 Å². The van der Waals surface area contributed by atoms with E-state index >= 15 is 0 Å². The maximum Gasteiger partial charge on any atom is 0.261 e. The minimum absolute atomic E-state index is 0. The van der Waals surface area contributed by atoms with Gasteiger partial charge in [0.2, 0.25) is 11.3 Å². The SMILES string of the molecule is C.C.CCOc1nc(C)nn2c([C@@H]3O[C@H](CO)[C@@H](O)[C@H]3F)cnc12.COc1nc(C)nn2c([C@@H]3O[C@H](CO)[C@@H](O)[C@H]3F)cnc12.Cc1nc(N)c2ncc([C@@H]3O[C@H](CO)[C@@H](O)[C@H]3F)n2n1.Cc1ncnn2c([C@@H]3O[C@H](CO)[C@@H](O)[C@H]3F)cnc12. The fourth-order valence-corrected chi connectivity index (χ4v) is 9.52. The van der Waals surface area contributed by atoms with E-state index in [1.54, 1.807) is 27.7 Å². The number of hydrogen-bond acceptors (Lipinski definition) is 27. The highest BCUT2D eigenvalue weighted by Gasteiger charge is 2.49. The molecule has 4 aliphatic heterocycles. The topological polar surface area (TPSA) is 416 Å². The molecule has 0 radical (unpaired) electrons. The number of aromatic nitrogens is 16. The Kier molecular flexibility index (Phi) is 20.6. The molecule has 0 amide bonds. The predicted octanol–water partition coefficient (Wildman–Crippen LogP) is -0.483. The molecule has 4 fully saturated rings. The smallest absolute Gasteiger partial charge is 0.261 e. The van der Waals surface area contributed by atoms with Crippen molar-refractivity contribution in [3.8, 4) is 11.8 Å². The number of anilines is 1. The highest BCUT2D eigenvalue weighted by molar-refractivity contribution is 5.59. The fraction of sp³-hybridized carbons (Fsp3) is 0.592. The second-order valence-corrected chi connectivity index (χ2v) is 19.0. The van der Waals surface area contributed by atoms with Gasteiger partial charge in [-0.25, -0.2) is 65.5 Å². The number of ether oxygens (including phenoxy) is 6. The monoisotopic (exact) mass is 1190 g/mol. The predicted molar refractivity (Wildman–Crippen MR) is 280 cm³/mol. The van der Waals surface area contributed by atoms with Gasteiger partial charge in [-0.3, -0.25) is 0 Å². The van der Waals surface area contributed by atoms with Crippen LogP contribution in [0.3, 0.4) is 0 Å².